The lowest BCUT2D eigenvalue weighted by atomic mass is 9.92. The predicted molar refractivity (Wildman–Crippen MR) is 103 cm³/mol. The first kappa shape index (κ1) is 17.9. The van der Waals surface area contributed by atoms with Crippen molar-refractivity contribution in [2.24, 2.45) is 0 Å². The summed E-state index contributed by atoms with van der Waals surface area (Å²) in [6.45, 7) is 0.902. The van der Waals surface area contributed by atoms with Crippen LogP contribution in [0.3, 0.4) is 0 Å². The lowest BCUT2D eigenvalue weighted by Crippen LogP contribution is -2.27. The van der Waals surface area contributed by atoms with Crippen LogP contribution >= 0.6 is 0 Å². The number of aryl methyl sites for hydroxylation is 2. The standard InChI is InChI=1S/C20H22N2O4S/c1-22-10-11-26-19-9-7-16(13-18(19)20(22)23)21-27(24,25)17-8-6-14-4-2-3-5-15(14)12-17/h6-9,12-13,21H,2-5,10-11H2,1H3. The van der Waals surface area contributed by atoms with Crippen LogP contribution < -0.4 is 9.46 Å². The Hall–Kier alpha value is -2.54. The third kappa shape index (κ3) is 3.51. The number of anilines is 1. The minimum absolute atomic E-state index is 0.183. The van der Waals surface area contributed by atoms with Crippen LogP contribution in [0.25, 0.3) is 0 Å². The number of hydrogen-bond acceptors (Lipinski definition) is 4. The molecular formula is C20H22N2O4S. The zero-order valence-electron chi connectivity index (χ0n) is 15.2. The molecule has 1 aliphatic heterocycles. The molecule has 0 unspecified atom stereocenters. The van der Waals surface area contributed by atoms with Gasteiger partial charge in [0.25, 0.3) is 15.9 Å². The Morgan fingerprint density at radius 3 is 2.63 bits per heavy atom. The summed E-state index contributed by atoms with van der Waals surface area (Å²) in [6, 6.07) is 10.1. The highest BCUT2D eigenvalue weighted by molar-refractivity contribution is 7.92. The molecule has 27 heavy (non-hydrogen) atoms. The van der Waals surface area contributed by atoms with Gasteiger partial charge < -0.3 is 9.64 Å². The van der Waals surface area contributed by atoms with E-state index >= 15 is 0 Å². The minimum Gasteiger partial charge on any atom is -0.491 e. The van der Waals surface area contributed by atoms with Gasteiger partial charge >= 0.3 is 0 Å². The quantitative estimate of drug-likeness (QED) is 0.880. The van der Waals surface area contributed by atoms with Gasteiger partial charge in [-0.2, -0.15) is 0 Å². The molecule has 1 N–H and O–H groups in total. The molecule has 2 aliphatic rings. The van der Waals surface area contributed by atoms with Gasteiger partial charge in [0.2, 0.25) is 0 Å². The number of carbonyl (C=O) groups excluding carboxylic acids is 1. The van der Waals surface area contributed by atoms with Crippen LogP contribution in [0.5, 0.6) is 5.75 Å². The number of nitrogens with one attached hydrogen (secondary N) is 1. The van der Waals surface area contributed by atoms with E-state index in [4.69, 9.17) is 4.74 Å². The smallest absolute Gasteiger partial charge is 0.261 e. The van der Waals surface area contributed by atoms with Gasteiger partial charge in [-0.15, -0.1) is 0 Å². The second-order valence-electron chi connectivity index (χ2n) is 7.03. The molecule has 4 rings (SSSR count). The maximum atomic E-state index is 12.8. The summed E-state index contributed by atoms with van der Waals surface area (Å²) < 4.78 is 33.8. The Morgan fingerprint density at radius 2 is 1.81 bits per heavy atom. The third-order valence-electron chi connectivity index (χ3n) is 5.12. The second kappa shape index (κ2) is 6.88. The van der Waals surface area contributed by atoms with Crippen LogP contribution in [0.15, 0.2) is 41.3 Å². The molecule has 1 heterocycles. The summed E-state index contributed by atoms with van der Waals surface area (Å²) in [6.07, 6.45) is 4.15. The Labute approximate surface area is 159 Å². The molecule has 0 atom stereocenters. The molecule has 0 saturated heterocycles. The summed E-state index contributed by atoms with van der Waals surface area (Å²) in [5.74, 6) is 0.290. The number of hydrogen-bond donors (Lipinski definition) is 1. The first-order valence-electron chi connectivity index (χ1n) is 9.11. The number of nitrogens with zero attached hydrogens (tertiary/aromatic N) is 1. The molecule has 0 fully saturated rings. The predicted octanol–water partition coefficient (Wildman–Crippen LogP) is 2.83. The number of fused-ring (bicyclic) bond motifs is 2. The summed E-state index contributed by atoms with van der Waals surface area (Å²) in [7, 11) is -2.03. The van der Waals surface area contributed by atoms with E-state index < -0.39 is 10.0 Å². The van der Waals surface area contributed by atoms with Gasteiger partial charge in [0.1, 0.15) is 12.4 Å². The lowest BCUT2D eigenvalue weighted by molar-refractivity contribution is 0.0796. The highest BCUT2D eigenvalue weighted by atomic mass is 32.2. The van der Waals surface area contributed by atoms with E-state index in [1.807, 2.05) is 6.07 Å². The summed E-state index contributed by atoms with van der Waals surface area (Å²) >= 11 is 0. The molecule has 2 aromatic rings. The molecular weight excluding hydrogens is 364 g/mol. The van der Waals surface area contributed by atoms with Crippen molar-refractivity contribution in [3.05, 3.63) is 53.1 Å². The Morgan fingerprint density at radius 1 is 1.04 bits per heavy atom. The van der Waals surface area contributed by atoms with Gasteiger partial charge in [0.15, 0.2) is 0 Å². The van der Waals surface area contributed by atoms with Crippen LogP contribution in [0.1, 0.15) is 34.3 Å². The highest BCUT2D eigenvalue weighted by Crippen LogP contribution is 2.29. The number of amides is 1. The summed E-state index contributed by atoms with van der Waals surface area (Å²) in [4.78, 5) is 14.3. The lowest BCUT2D eigenvalue weighted by Gasteiger charge is -2.17. The largest absolute Gasteiger partial charge is 0.491 e. The van der Waals surface area contributed by atoms with Gasteiger partial charge in [-0.3, -0.25) is 9.52 Å². The Kier molecular flexibility index (Phi) is 4.55. The molecule has 0 saturated carbocycles. The summed E-state index contributed by atoms with van der Waals surface area (Å²) in [5.41, 5.74) is 3.05. The molecule has 0 bridgehead atoms. The van der Waals surface area contributed by atoms with E-state index in [0.29, 0.717) is 30.2 Å². The molecule has 142 valence electrons. The number of ether oxygens (including phenoxy) is 1. The van der Waals surface area contributed by atoms with E-state index in [0.717, 1.165) is 31.2 Å². The maximum absolute atomic E-state index is 12.8. The topological polar surface area (TPSA) is 75.7 Å². The average molecular weight is 386 g/mol. The molecule has 0 spiro atoms. The SMILES string of the molecule is CN1CCOc2ccc(NS(=O)(=O)c3ccc4c(c3)CCCC4)cc2C1=O. The van der Waals surface area contributed by atoms with Crippen molar-refractivity contribution in [3.8, 4) is 5.75 Å². The van der Waals surface area contributed by atoms with Crippen molar-refractivity contribution in [3.63, 3.8) is 0 Å². The molecule has 1 amide bonds. The van der Waals surface area contributed by atoms with Gasteiger partial charge in [0, 0.05) is 12.7 Å². The van der Waals surface area contributed by atoms with Crippen LogP contribution in [0.4, 0.5) is 5.69 Å². The van der Waals surface area contributed by atoms with Crippen molar-refractivity contribution in [2.75, 3.05) is 24.9 Å². The molecule has 1 aliphatic carbocycles. The molecule has 7 heteroatoms. The van der Waals surface area contributed by atoms with Crippen molar-refractivity contribution in [1.82, 2.24) is 4.90 Å². The van der Waals surface area contributed by atoms with E-state index in [1.54, 1.807) is 36.2 Å². The van der Waals surface area contributed by atoms with Crippen molar-refractivity contribution < 1.29 is 17.9 Å². The van der Waals surface area contributed by atoms with Crippen molar-refractivity contribution in [1.29, 1.82) is 0 Å². The van der Waals surface area contributed by atoms with Crippen LogP contribution in [-0.4, -0.2) is 39.4 Å². The number of likely N-dealkylation sites (N-methyl/N-ethyl adjacent to an activating group) is 1. The minimum atomic E-state index is -3.73. The number of carbonyl (C=O) groups is 1. The fraction of sp³-hybridized carbons (Fsp3) is 0.350. The van der Waals surface area contributed by atoms with Gasteiger partial charge in [-0.05, 0) is 67.1 Å². The average Bonchev–Trinajstić information content (AvgIpc) is 2.80. The summed E-state index contributed by atoms with van der Waals surface area (Å²) in [5, 5.41) is 0. The van der Waals surface area contributed by atoms with Crippen LogP contribution in [-0.2, 0) is 22.9 Å². The number of sulfonamides is 1. The van der Waals surface area contributed by atoms with Crippen LogP contribution in [0.2, 0.25) is 0 Å². The zero-order chi connectivity index (χ0) is 19.0. The van der Waals surface area contributed by atoms with E-state index in [-0.39, 0.29) is 10.8 Å². The first-order chi connectivity index (χ1) is 12.9. The normalized spacial score (nSPS) is 16.8. The van der Waals surface area contributed by atoms with E-state index in [2.05, 4.69) is 4.72 Å². The molecule has 0 aromatic heterocycles. The Balaban J connectivity index is 1.64. The van der Waals surface area contributed by atoms with Crippen LogP contribution in [0, 0.1) is 0 Å². The molecule has 6 nitrogen and oxygen atoms in total. The third-order valence-corrected chi connectivity index (χ3v) is 6.50. The second-order valence-corrected chi connectivity index (χ2v) is 8.71. The monoisotopic (exact) mass is 386 g/mol. The Bertz CT molecular complexity index is 1000. The first-order valence-corrected chi connectivity index (χ1v) is 10.6. The van der Waals surface area contributed by atoms with Gasteiger partial charge in [-0.1, -0.05) is 6.07 Å². The fourth-order valence-electron chi connectivity index (χ4n) is 3.58. The molecule has 0 radical (unpaired) electrons. The van der Waals surface area contributed by atoms with Gasteiger partial charge in [-0.25, -0.2) is 8.42 Å². The van der Waals surface area contributed by atoms with Crippen molar-refractivity contribution >= 4 is 21.6 Å². The van der Waals surface area contributed by atoms with Crippen molar-refractivity contribution in [2.45, 2.75) is 30.6 Å². The maximum Gasteiger partial charge on any atom is 0.261 e. The van der Waals surface area contributed by atoms with Gasteiger partial charge in [0.05, 0.1) is 17.0 Å². The zero-order valence-corrected chi connectivity index (χ0v) is 16.0. The van der Waals surface area contributed by atoms with E-state index in [9.17, 15) is 13.2 Å². The number of rotatable bonds is 3. The molecule has 2 aromatic carbocycles. The number of benzene rings is 2. The highest BCUT2D eigenvalue weighted by Gasteiger charge is 2.23. The van der Waals surface area contributed by atoms with E-state index in [1.165, 1.54) is 11.6 Å². The fourth-order valence-corrected chi connectivity index (χ4v) is 4.68.